The molecule has 0 aliphatic rings. The number of alkyl halides is 3. The van der Waals surface area contributed by atoms with Gasteiger partial charge < -0.3 is 9.47 Å². The summed E-state index contributed by atoms with van der Waals surface area (Å²) in [5.74, 6) is 0.438. The minimum Gasteiger partial charge on any atom is -0.473 e. The van der Waals surface area contributed by atoms with E-state index in [1.165, 1.54) is 6.07 Å². The van der Waals surface area contributed by atoms with Gasteiger partial charge in [-0.15, -0.1) is 0 Å². The number of carbonyl (C=O) groups excluding carboxylic acids is 1. The van der Waals surface area contributed by atoms with Crippen molar-refractivity contribution in [3.63, 3.8) is 0 Å². The number of halogens is 3. The van der Waals surface area contributed by atoms with Gasteiger partial charge in [0, 0.05) is 17.2 Å². The van der Waals surface area contributed by atoms with Gasteiger partial charge in [0.05, 0.1) is 5.56 Å². The average Bonchev–Trinajstić information content (AvgIpc) is 2.86. The van der Waals surface area contributed by atoms with Gasteiger partial charge in [0.15, 0.2) is 6.29 Å². The van der Waals surface area contributed by atoms with Crippen LogP contribution >= 0.6 is 0 Å². The third-order valence-corrected chi connectivity index (χ3v) is 5.08. The molecule has 1 heterocycles. The van der Waals surface area contributed by atoms with Crippen LogP contribution in [0.1, 0.15) is 27.0 Å². The van der Waals surface area contributed by atoms with Crippen LogP contribution in [0.5, 0.6) is 11.8 Å². The van der Waals surface area contributed by atoms with E-state index in [9.17, 15) is 18.0 Å². The van der Waals surface area contributed by atoms with E-state index in [0.717, 1.165) is 23.3 Å². The van der Waals surface area contributed by atoms with E-state index in [2.05, 4.69) is 4.98 Å². The molecule has 1 aromatic heterocycles. The van der Waals surface area contributed by atoms with Gasteiger partial charge in [-0.05, 0) is 34.9 Å². The normalized spacial score (nSPS) is 11.1. The Bertz CT molecular complexity index is 1260. The topological polar surface area (TPSA) is 48.4 Å². The van der Waals surface area contributed by atoms with Gasteiger partial charge >= 0.3 is 6.18 Å². The van der Waals surface area contributed by atoms with Crippen LogP contribution in [0.3, 0.4) is 0 Å². The summed E-state index contributed by atoms with van der Waals surface area (Å²) in [5, 5.41) is 0. The van der Waals surface area contributed by atoms with E-state index in [1.807, 2.05) is 60.7 Å². The van der Waals surface area contributed by atoms with Crippen LogP contribution < -0.4 is 9.47 Å². The molecule has 0 fully saturated rings. The number of pyridine rings is 1. The summed E-state index contributed by atoms with van der Waals surface area (Å²) in [7, 11) is 0. The highest BCUT2D eigenvalue weighted by Gasteiger charge is 2.31. The fourth-order valence-electron chi connectivity index (χ4n) is 3.36. The van der Waals surface area contributed by atoms with Crippen LogP contribution in [0.15, 0.2) is 91.0 Å². The number of rotatable bonds is 8. The van der Waals surface area contributed by atoms with Gasteiger partial charge in [0.2, 0.25) is 11.8 Å². The lowest BCUT2D eigenvalue weighted by Gasteiger charge is -2.15. The van der Waals surface area contributed by atoms with E-state index in [0.29, 0.717) is 11.8 Å². The zero-order valence-electron chi connectivity index (χ0n) is 18.0. The van der Waals surface area contributed by atoms with Crippen molar-refractivity contribution in [2.45, 2.75) is 19.4 Å². The van der Waals surface area contributed by atoms with Crippen molar-refractivity contribution in [1.82, 2.24) is 4.98 Å². The maximum Gasteiger partial charge on any atom is 0.416 e. The molecule has 0 N–H and O–H groups in total. The molecule has 0 atom stereocenters. The highest BCUT2D eigenvalue weighted by Crippen LogP contribution is 2.36. The van der Waals surface area contributed by atoms with Crippen molar-refractivity contribution in [3.8, 4) is 22.9 Å². The second-order valence-corrected chi connectivity index (χ2v) is 7.47. The predicted octanol–water partition coefficient (Wildman–Crippen LogP) is 6.74. The van der Waals surface area contributed by atoms with Crippen LogP contribution in [0.25, 0.3) is 11.1 Å². The molecule has 4 aromatic rings. The molecular formula is C27H20F3NO3. The molecule has 4 nitrogen and oxygen atoms in total. The zero-order chi connectivity index (χ0) is 24.0. The summed E-state index contributed by atoms with van der Waals surface area (Å²) < 4.78 is 51.1. The molecule has 0 radical (unpaired) electrons. The number of ether oxygens (including phenoxy) is 2. The molecule has 0 amide bonds. The van der Waals surface area contributed by atoms with Gasteiger partial charge in [-0.1, -0.05) is 66.7 Å². The molecule has 0 saturated heterocycles. The zero-order valence-corrected chi connectivity index (χ0v) is 18.0. The lowest BCUT2D eigenvalue weighted by Crippen LogP contribution is -2.07. The molecule has 34 heavy (non-hydrogen) atoms. The minimum atomic E-state index is -4.56. The fourth-order valence-corrected chi connectivity index (χ4v) is 3.36. The van der Waals surface area contributed by atoms with E-state index in [4.69, 9.17) is 9.47 Å². The summed E-state index contributed by atoms with van der Waals surface area (Å²) in [4.78, 5) is 16.1. The van der Waals surface area contributed by atoms with Crippen LogP contribution in [-0.2, 0) is 19.4 Å². The molecular weight excluding hydrogens is 443 g/mol. The molecule has 0 saturated carbocycles. The summed E-state index contributed by atoms with van der Waals surface area (Å²) in [5.41, 5.74) is 1.49. The lowest BCUT2D eigenvalue weighted by molar-refractivity contribution is -0.137. The molecule has 172 valence electrons. The summed E-state index contributed by atoms with van der Waals surface area (Å²) in [6.45, 7) is 0.464. The first kappa shape index (κ1) is 23.0. The van der Waals surface area contributed by atoms with Crippen LogP contribution in [0, 0.1) is 0 Å². The number of carbonyl (C=O) groups is 1. The van der Waals surface area contributed by atoms with Gasteiger partial charge in [-0.25, -0.2) is 0 Å². The third-order valence-electron chi connectivity index (χ3n) is 5.08. The highest BCUT2D eigenvalue weighted by molar-refractivity contribution is 5.89. The second-order valence-electron chi connectivity index (χ2n) is 7.47. The van der Waals surface area contributed by atoms with E-state index in [-0.39, 0.29) is 36.1 Å². The summed E-state index contributed by atoms with van der Waals surface area (Å²) >= 11 is 0. The number of hydrogen-bond donors (Lipinski definition) is 0. The van der Waals surface area contributed by atoms with Crippen LogP contribution in [0.2, 0.25) is 0 Å². The first-order chi connectivity index (χ1) is 16.4. The second kappa shape index (κ2) is 10.2. The lowest BCUT2D eigenvalue weighted by atomic mass is 9.98. The van der Waals surface area contributed by atoms with Crippen LogP contribution in [-0.4, -0.2) is 11.3 Å². The maximum atomic E-state index is 13.1. The largest absolute Gasteiger partial charge is 0.473 e. The predicted molar refractivity (Wildman–Crippen MR) is 122 cm³/mol. The Balaban J connectivity index is 1.68. The third kappa shape index (κ3) is 5.61. The number of aldehydes is 1. The molecule has 3 aromatic carbocycles. The Morgan fingerprint density at radius 2 is 1.32 bits per heavy atom. The summed E-state index contributed by atoms with van der Waals surface area (Å²) in [6.07, 6.45) is -4.17. The van der Waals surface area contributed by atoms with Gasteiger partial charge in [0.1, 0.15) is 13.2 Å². The van der Waals surface area contributed by atoms with E-state index in [1.54, 1.807) is 12.1 Å². The Kier molecular flexibility index (Phi) is 6.92. The van der Waals surface area contributed by atoms with Crippen molar-refractivity contribution < 1.29 is 27.4 Å². The van der Waals surface area contributed by atoms with Crippen molar-refractivity contribution in [3.05, 3.63) is 113 Å². The highest BCUT2D eigenvalue weighted by atomic mass is 19.4. The molecule has 0 unspecified atom stereocenters. The first-order valence-corrected chi connectivity index (χ1v) is 10.5. The molecule has 0 bridgehead atoms. The first-order valence-electron chi connectivity index (χ1n) is 10.5. The molecule has 0 spiro atoms. The smallest absolute Gasteiger partial charge is 0.416 e. The molecule has 7 heteroatoms. The Hall–Kier alpha value is -4.13. The standard InChI is InChI=1S/C27H20F3NO3/c28-27(29,30)22-11-12-23(21(15-22)16-32)24-13-14-25(33-17-19-7-3-1-4-8-19)31-26(24)34-18-20-9-5-2-6-10-20/h1-16H,17-18H2. The van der Waals surface area contributed by atoms with Gasteiger partial charge in [-0.2, -0.15) is 18.2 Å². The van der Waals surface area contributed by atoms with Gasteiger partial charge in [0.25, 0.3) is 0 Å². The average molecular weight is 463 g/mol. The van der Waals surface area contributed by atoms with Crippen molar-refractivity contribution in [2.75, 3.05) is 0 Å². The SMILES string of the molecule is O=Cc1cc(C(F)(F)F)ccc1-c1ccc(OCc2ccccc2)nc1OCc1ccccc1. The van der Waals surface area contributed by atoms with Gasteiger partial charge in [-0.3, -0.25) is 4.79 Å². The number of aromatic nitrogens is 1. The van der Waals surface area contributed by atoms with Crippen molar-refractivity contribution in [1.29, 1.82) is 0 Å². The minimum absolute atomic E-state index is 0.112. The van der Waals surface area contributed by atoms with Crippen LogP contribution in [0.4, 0.5) is 13.2 Å². The number of hydrogen-bond acceptors (Lipinski definition) is 4. The summed E-state index contributed by atoms with van der Waals surface area (Å²) in [6, 6.07) is 25.1. The Morgan fingerprint density at radius 3 is 1.91 bits per heavy atom. The molecule has 0 aliphatic carbocycles. The number of nitrogens with zero attached hydrogens (tertiary/aromatic N) is 1. The monoisotopic (exact) mass is 463 g/mol. The van der Waals surface area contributed by atoms with Crippen molar-refractivity contribution >= 4 is 6.29 Å². The maximum absolute atomic E-state index is 13.1. The van der Waals surface area contributed by atoms with Crippen molar-refractivity contribution in [2.24, 2.45) is 0 Å². The molecule has 4 rings (SSSR count). The van der Waals surface area contributed by atoms with E-state index < -0.39 is 11.7 Å². The molecule has 0 aliphatic heterocycles. The number of benzene rings is 3. The Morgan fingerprint density at radius 1 is 0.735 bits per heavy atom. The Labute approximate surface area is 194 Å². The fraction of sp³-hybridized carbons (Fsp3) is 0.111. The quantitative estimate of drug-likeness (QED) is 0.272. The van der Waals surface area contributed by atoms with E-state index >= 15 is 0 Å².